The van der Waals surface area contributed by atoms with E-state index < -0.39 is 0 Å². The van der Waals surface area contributed by atoms with Gasteiger partial charge in [0.2, 0.25) is 5.03 Å². The van der Waals surface area contributed by atoms with Crippen molar-refractivity contribution in [1.82, 2.24) is 0 Å². The summed E-state index contributed by atoms with van der Waals surface area (Å²) in [5.74, 6) is 0. The number of rotatable bonds is 0. The minimum atomic E-state index is 0.318. The van der Waals surface area contributed by atoms with Crippen LogP contribution in [0.4, 0.5) is 0 Å². The molecule has 0 aromatic heterocycles. The first-order valence-corrected chi connectivity index (χ1v) is 2.18. The SMILES string of the molecule is [C-]#[N+]C(S)=CS. The summed E-state index contributed by atoms with van der Waals surface area (Å²) in [4.78, 5) is 2.91. The standard InChI is InChI=1S/C3H3NS2/c1-4-3(6)2-5/h2,5-6H. The highest BCUT2D eigenvalue weighted by Gasteiger charge is 1.73. The van der Waals surface area contributed by atoms with Crippen molar-refractivity contribution in [3.63, 3.8) is 0 Å². The number of nitrogens with zero attached hydrogens (tertiary/aromatic N) is 1. The van der Waals surface area contributed by atoms with Gasteiger partial charge in [0.1, 0.15) is 0 Å². The van der Waals surface area contributed by atoms with E-state index in [4.69, 9.17) is 6.57 Å². The summed E-state index contributed by atoms with van der Waals surface area (Å²) in [6.45, 7) is 6.24. The first-order valence-electron chi connectivity index (χ1n) is 1.22. The average molecular weight is 117 g/mol. The minimum Gasteiger partial charge on any atom is -0.231 e. The highest BCUT2D eigenvalue weighted by molar-refractivity contribution is 7.88. The Hall–Kier alpha value is -0.0700. The highest BCUT2D eigenvalue weighted by Crippen LogP contribution is 2.00. The minimum absolute atomic E-state index is 0.318. The predicted octanol–water partition coefficient (Wildman–Crippen LogP) is 1.56. The van der Waals surface area contributed by atoms with Crippen molar-refractivity contribution in [2.75, 3.05) is 0 Å². The molecular weight excluding hydrogens is 114 g/mol. The average Bonchev–Trinajstić information content (AvgIpc) is 1.65. The van der Waals surface area contributed by atoms with Crippen LogP contribution in [0.15, 0.2) is 10.4 Å². The second-order valence-corrected chi connectivity index (χ2v) is 1.32. The molecule has 0 bridgehead atoms. The Labute approximate surface area is 47.7 Å². The molecule has 32 valence electrons. The molecule has 0 aliphatic rings. The third-order valence-corrected chi connectivity index (χ3v) is 0.907. The maximum Gasteiger partial charge on any atom is 0.223 e. The molecule has 0 saturated heterocycles. The van der Waals surface area contributed by atoms with E-state index in [1.165, 1.54) is 5.41 Å². The van der Waals surface area contributed by atoms with Gasteiger partial charge in [0.05, 0.1) is 6.57 Å². The van der Waals surface area contributed by atoms with Gasteiger partial charge in [-0.2, -0.15) is 25.3 Å². The molecule has 0 radical (unpaired) electrons. The zero-order valence-electron chi connectivity index (χ0n) is 2.92. The fraction of sp³-hybridized carbons (Fsp3) is 0. The van der Waals surface area contributed by atoms with E-state index in [9.17, 15) is 0 Å². The van der Waals surface area contributed by atoms with E-state index in [-0.39, 0.29) is 0 Å². The van der Waals surface area contributed by atoms with Crippen LogP contribution in [0.5, 0.6) is 0 Å². The summed E-state index contributed by atoms with van der Waals surface area (Å²) in [5, 5.41) is 1.66. The molecule has 0 amide bonds. The third kappa shape index (κ3) is 2.18. The molecule has 0 aromatic rings. The van der Waals surface area contributed by atoms with E-state index in [2.05, 4.69) is 30.1 Å². The molecule has 1 nitrogen and oxygen atoms in total. The van der Waals surface area contributed by atoms with Gasteiger partial charge < -0.3 is 0 Å². The number of hydrogen-bond donors (Lipinski definition) is 2. The molecule has 0 unspecified atom stereocenters. The van der Waals surface area contributed by atoms with Crippen molar-refractivity contribution >= 4 is 25.3 Å². The Bertz CT molecular complexity index is 99.9. The molecule has 0 saturated carbocycles. The Morgan fingerprint density at radius 3 is 2.33 bits per heavy atom. The second-order valence-electron chi connectivity index (χ2n) is 0.599. The van der Waals surface area contributed by atoms with Gasteiger partial charge in [-0.1, -0.05) is 0 Å². The molecule has 6 heavy (non-hydrogen) atoms. The van der Waals surface area contributed by atoms with Crippen LogP contribution in [0.3, 0.4) is 0 Å². The summed E-state index contributed by atoms with van der Waals surface area (Å²) in [5.41, 5.74) is 0. The number of thiol groups is 2. The van der Waals surface area contributed by atoms with Gasteiger partial charge in [0, 0.05) is 0 Å². The second kappa shape index (κ2) is 3.13. The fourth-order valence-electron chi connectivity index (χ4n) is 0.0289. The largest absolute Gasteiger partial charge is 0.231 e. The normalized spacial score (nSPS) is 10.5. The molecule has 0 N–H and O–H groups in total. The van der Waals surface area contributed by atoms with Crippen LogP contribution < -0.4 is 0 Å². The molecule has 0 fully saturated rings. The molecule has 0 aromatic carbocycles. The molecular formula is C3H3NS2. The maximum absolute atomic E-state index is 6.24. The Morgan fingerprint density at radius 2 is 2.33 bits per heavy atom. The first-order chi connectivity index (χ1) is 2.81. The lowest BCUT2D eigenvalue weighted by Gasteiger charge is -1.70. The van der Waals surface area contributed by atoms with Crippen molar-refractivity contribution in [2.45, 2.75) is 0 Å². The third-order valence-electron chi connectivity index (χ3n) is 0.230. The van der Waals surface area contributed by atoms with Crippen molar-refractivity contribution in [2.24, 2.45) is 0 Å². The van der Waals surface area contributed by atoms with Gasteiger partial charge in [0.15, 0.2) is 0 Å². The summed E-state index contributed by atoms with van der Waals surface area (Å²) in [6.07, 6.45) is 0. The van der Waals surface area contributed by atoms with Crippen LogP contribution in [-0.2, 0) is 0 Å². The first kappa shape index (κ1) is 5.93. The van der Waals surface area contributed by atoms with Gasteiger partial charge in [-0.15, -0.1) is 0 Å². The number of hydrogen-bond acceptors (Lipinski definition) is 2. The smallest absolute Gasteiger partial charge is 0.223 e. The lowest BCUT2D eigenvalue weighted by atomic mass is 11.0. The highest BCUT2D eigenvalue weighted by atomic mass is 32.1. The molecule has 0 rings (SSSR count). The Kier molecular flexibility index (Phi) is 3.10. The summed E-state index contributed by atoms with van der Waals surface area (Å²) in [6, 6.07) is 0. The van der Waals surface area contributed by atoms with E-state index in [1.807, 2.05) is 0 Å². The zero-order chi connectivity index (χ0) is 4.99. The molecule has 0 aliphatic heterocycles. The summed E-state index contributed by atoms with van der Waals surface area (Å²) in [7, 11) is 0. The monoisotopic (exact) mass is 117 g/mol. The lowest BCUT2D eigenvalue weighted by Crippen LogP contribution is -1.44. The van der Waals surface area contributed by atoms with Crippen molar-refractivity contribution in [1.29, 1.82) is 0 Å². The topological polar surface area (TPSA) is 4.36 Å². The van der Waals surface area contributed by atoms with Crippen LogP contribution in [-0.4, -0.2) is 0 Å². The van der Waals surface area contributed by atoms with Crippen LogP contribution in [0.1, 0.15) is 0 Å². The van der Waals surface area contributed by atoms with Gasteiger partial charge in [-0.05, 0) is 5.41 Å². The van der Waals surface area contributed by atoms with Crippen molar-refractivity contribution in [3.8, 4) is 0 Å². The van der Waals surface area contributed by atoms with E-state index in [0.717, 1.165) is 0 Å². The van der Waals surface area contributed by atoms with Gasteiger partial charge >= 0.3 is 0 Å². The molecule has 3 heteroatoms. The van der Waals surface area contributed by atoms with Gasteiger partial charge in [-0.25, -0.2) is 4.85 Å². The van der Waals surface area contributed by atoms with E-state index >= 15 is 0 Å². The van der Waals surface area contributed by atoms with Gasteiger partial charge in [0.25, 0.3) is 0 Å². The molecule has 0 atom stereocenters. The Balaban J connectivity index is 3.61. The molecule has 0 heterocycles. The van der Waals surface area contributed by atoms with E-state index in [1.54, 1.807) is 0 Å². The van der Waals surface area contributed by atoms with Gasteiger partial charge in [-0.3, -0.25) is 0 Å². The quantitative estimate of drug-likeness (QED) is 0.350. The Morgan fingerprint density at radius 1 is 1.83 bits per heavy atom. The van der Waals surface area contributed by atoms with Crippen LogP contribution in [0.25, 0.3) is 4.85 Å². The lowest BCUT2D eigenvalue weighted by molar-refractivity contribution is 2.02. The van der Waals surface area contributed by atoms with Crippen molar-refractivity contribution in [3.05, 3.63) is 21.9 Å². The van der Waals surface area contributed by atoms with Crippen LogP contribution in [0.2, 0.25) is 0 Å². The molecule has 0 aliphatic carbocycles. The molecule has 0 spiro atoms. The summed E-state index contributed by atoms with van der Waals surface area (Å²) >= 11 is 7.30. The predicted molar refractivity (Wildman–Crippen MR) is 32.7 cm³/mol. The fourth-order valence-corrected chi connectivity index (χ4v) is 0.0866. The van der Waals surface area contributed by atoms with E-state index in [0.29, 0.717) is 5.03 Å². The van der Waals surface area contributed by atoms with Crippen LogP contribution in [0, 0.1) is 6.57 Å². The maximum atomic E-state index is 6.24. The van der Waals surface area contributed by atoms with Crippen LogP contribution >= 0.6 is 25.3 Å². The zero-order valence-corrected chi connectivity index (χ0v) is 4.71. The summed E-state index contributed by atoms with van der Waals surface area (Å²) < 4.78 is 0. The van der Waals surface area contributed by atoms with Crippen molar-refractivity contribution < 1.29 is 0 Å².